The molecule has 13 atom stereocenters. The maximum absolute atomic E-state index is 15.4. The molecule has 7 fully saturated rings. The number of rotatable bonds is 15. The van der Waals surface area contributed by atoms with E-state index in [-0.39, 0.29) is 130 Å². The van der Waals surface area contributed by atoms with E-state index in [4.69, 9.17) is 9.47 Å². The normalized spacial score (nSPS) is 29.4. The summed E-state index contributed by atoms with van der Waals surface area (Å²) in [5, 5.41) is 11.4. The van der Waals surface area contributed by atoms with Gasteiger partial charge in [-0.3, -0.25) is 43.2 Å². The average Bonchev–Trinajstić information content (AvgIpc) is 1.78. The van der Waals surface area contributed by atoms with Crippen LogP contribution in [-0.2, 0) is 79.6 Å². The first-order valence-electron chi connectivity index (χ1n) is 37.2. The van der Waals surface area contributed by atoms with Gasteiger partial charge in [0.25, 0.3) is 0 Å². The first-order valence-corrected chi connectivity index (χ1v) is 40.0. The van der Waals surface area contributed by atoms with E-state index in [1.807, 2.05) is 27.7 Å². The molecule has 6 heterocycles. The fraction of sp³-hybridized carbons (Fsp3) is 0.753. The molecule has 0 radical (unpaired) electrons. The number of aryl methyl sites for hydroxylation is 1. The second kappa shape index (κ2) is 37.0. The number of benzene rings is 1. The number of amides is 12. The Bertz CT molecular complexity index is 3210. The minimum absolute atomic E-state index is 0.0219. The minimum atomic E-state index is -4.57. The number of likely N-dealkylation sites (N-methyl/N-ethyl adjacent to an activating group) is 5. The smallest absolute Gasteiger partial charge is 0.377 e. The van der Waals surface area contributed by atoms with Gasteiger partial charge in [0.15, 0.2) is 0 Å². The summed E-state index contributed by atoms with van der Waals surface area (Å²) in [5.41, 5.74) is 0.00835. The Hall–Kier alpha value is -6.70. The van der Waals surface area contributed by atoms with Crippen LogP contribution in [0.2, 0.25) is 0 Å². The number of hydrogen-bond donors (Lipinski definition) is 4. The predicted molar refractivity (Wildman–Crippen MR) is 370 cm³/mol. The van der Waals surface area contributed by atoms with Gasteiger partial charge >= 0.3 is 200 Å². The number of ether oxygens (including phenoxy) is 2. The summed E-state index contributed by atoms with van der Waals surface area (Å²) >= 11 is -0.437. The predicted octanol–water partition coefficient (Wildman–Crippen LogP) is 0.793. The standard InChI is InChI=1S/C73H111F3IN12O14/c1-12-35-102-42-58-69(98)82(7)39-59(90)80-53(29-25-46-24-28-51(73(74,75)76)50(36-46)52-38-77-52)68(97)87-33-18-21-55(87)64(93)78-32-17-16-22-60(91)86(11)63(47-19-14-15-20-47)72(101)84(9)57(71(100)89-48-26-27-49(89)41-103-40-48)37-61(92)83(8)54(30-23-43(3)4)65(94)81-62(44(5)13-2)66(95)79-45(6)67(96)88-34-31-56(88)70(99)85(58)10/h24,28,36,43-45,47-49,52-58,62-63H,12-23,25-27,29-35,37-42H2,1-11H3,(H,78,93)(H,79,95)(H,80,90)(H,81,94)/q-1/t44-,45-,48?,49?,52?,53-,54-,55-,56-,57-,58-,62-,63-/m0/s1. The Morgan fingerprint density at radius 3 is 1.99 bits per heavy atom. The summed E-state index contributed by atoms with van der Waals surface area (Å²) in [5.74, 6) is -7.93. The van der Waals surface area contributed by atoms with Crippen molar-refractivity contribution in [3.63, 3.8) is 0 Å². The summed E-state index contributed by atoms with van der Waals surface area (Å²) in [7, 11) is 7.23. The average molecular weight is 1560 g/mol. The third-order valence-corrected chi connectivity index (χ3v) is 24.5. The molecule has 1 aromatic carbocycles. The third kappa shape index (κ3) is 20.5. The van der Waals surface area contributed by atoms with Crippen LogP contribution >= 0.6 is 0 Å². The van der Waals surface area contributed by atoms with E-state index in [1.165, 1.54) is 71.7 Å². The molecule has 12 amide bonds. The van der Waals surface area contributed by atoms with Crippen molar-refractivity contribution in [2.24, 2.45) is 17.8 Å². The van der Waals surface area contributed by atoms with E-state index in [0.29, 0.717) is 67.8 Å². The van der Waals surface area contributed by atoms with Gasteiger partial charge in [0.05, 0.1) is 38.3 Å². The fourth-order valence-corrected chi connectivity index (χ4v) is 17.0. The number of carbonyl (C=O) groups excluding carboxylic acids is 12. The van der Waals surface area contributed by atoms with Crippen LogP contribution in [0.5, 0.6) is 0 Å². The monoisotopic (exact) mass is 1560 g/mol. The summed E-state index contributed by atoms with van der Waals surface area (Å²) < 4.78 is 54.9. The van der Waals surface area contributed by atoms with Gasteiger partial charge in [-0.1, -0.05) is 53.9 Å². The fourth-order valence-electron chi connectivity index (χ4n) is 15.3. The van der Waals surface area contributed by atoms with Crippen molar-refractivity contribution in [1.29, 1.82) is 0 Å². The first-order chi connectivity index (χ1) is 48.9. The topological polar surface area (TPSA) is 297 Å². The van der Waals surface area contributed by atoms with Crippen LogP contribution in [0.4, 0.5) is 13.2 Å². The molecular formula is C73H111F3IN12O14-. The minimum Gasteiger partial charge on any atom is -0.377 e. The first kappa shape index (κ1) is 82.0. The van der Waals surface area contributed by atoms with Crippen LogP contribution in [0.15, 0.2) is 18.2 Å². The molecule has 4 N–H and O–H groups in total. The van der Waals surface area contributed by atoms with Crippen molar-refractivity contribution >= 4 is 70.9 Å². The van der Waals surface area contributed by atoms with Crippen LogP contribution in [0.1, 0.15) is 178 Å². The van der Waals surface area contributed by atoms with Crippen molar-refractivity contribution in [1.82, 2.24) is 60.5 Å². The SMILES string of the molecule is CCCOC[C@H]1C(=O)N(C)CC(=O)N[C@@H](CCc2ccc(C(F)(F)F)c(C3C[I-]3)c2)C(=O)N2CCC[C@H]2C(=O)NCCCCC(=O)N(C)[C@@H](C2CCCC2)C(=O)N(C)[C@H](C(=O)N2C3CCC2COC3)CC(=O)N(C)[C@@H](CCC(C)C)C(=O)N[C@@H]([C@@H](C)CC)C(=O)N[C@@H](C)C(=O)N2CC[C@H]2C(=O)N1C. The number of halogens is 4. The summed E-state index contributed by atoms with van der Waals surface area (Å²) in [6.07, 6.45) is 2.09. The summed E-state index contributed by atoms with van der Waals surface area (Å²) in [6.45, 7) is 11.0. The van der Waals surface area contributed by atoms with Gasteiger partial charge in [-0.05, 0) is 88.9 Å². The molecule has 1 aliphatic carbocycles. The Labute approximate surface area is 614 Å². The zero-order valence-corrected chi connectivity index (χ0v) is 64.2. The van der Waals surface area contributed by atoms with Crippen LogP contribution < -0.4 is 42.5 Å². The van der Waals surface area contributed by atoms with E-state index >= 15 is 14.4 Å². The molecule has 1 aromatic rings. The van der Waals surface area contributed by atoms with Crippen molar-refractivity contribution in [2.45, 2.75) is 240 Å². The molecule has 6 saturated heterocycles. The quantitative estimate of drug-likeness (QED) is 0.107. The molecule has 2 bridgehead atoms. The van der Waals surface area contributed by atoms with Crippen molar-refractivity contribution < 1.29 is 101 Å². The van der Waals surface area contributed by atoms with Crippen LogP contribution in [0.3, 0.4) is 0 Å². The molecule has 8 rings (SSSR count). The molecule has 30 heteroatoms. The molecule has 103 heavy (non-hydrogen) atoms. The van der Waals surface area contributed by atoms with Gasteiger partial charge in [0.1, 0.15) is 42.3 Å². The number of nitrogens with one attached hydrogen (secondary N) is 4. The van der Waals surface area contributed by atoms with Gasteiger partial charge in [-0.25, -0.2) is 0 Å². The number of alkyl halides is 5. The number of morpholine rings is 1. The van der Waals surface area contributed by atoms with Gasteiger partial charge < -0.3 is 49.5 Å². The van der Waals surface area contributed by atoms with Gasteiger partial charge in [-0.15, -0.1) is 0 Å². The van der Waals surface area contributed by atoms with Crippen LogP contribution in [-0.4, -0.2) is 269 Å². The Morgan fingerprint density at radius 2 is 1.37 bits per heavy atom. The van der Waals surface area contributed by atoms with E-state index < -0.39 is 171 Å². The zero-order chi connectivity index (χ0) is 75.3. The molecular weight excluding hydrogens is 1450 g/mol. The molecule has 6 aliphatic heterocycles. The number of fused-ring (bicyclic) bond motifs is 4. The van der Waals surface area contributed by atoms with Gasteiger partial charge in [0.2, 0.25) is 47.3 Å². The Balaban J connectivity index is 1.09. The van der Waals surface area contributed by atoms with Crippen LogP contribution in [0.25, 0.3) is 0 Å². The molecule has 576 valence electrons. The second-order valence-electron chi connectivity index (χ2n) is 29.8. The van der Waals surface area contributed by atoms with Gasteiger partial charge in [0, 0.05) is 54.3 Å². The van der Waals surface area contributed by atoms with E-state index in [2.05, 4.69) is 21.3 Å². The maximum atomic E-state index is 15.4. The third-order valence-electron chi connectivity index (χ3n) is 22.0. The van der Waals surface area contributed by atoms with Crippen molar-refractivity contribution in [2.75, 3.05) is 92.3 Å². The molecule has 0 spiro atoms. The molecule has 26 nitrogen and oxygen atoms in total. The molecule has 0 aromatic heterocycles. The van der Waals surface area contributed by atoms with Crippen molar-refractivity contribution in [3.8, 4) is 0 Å². The second-order valence-corrected chi connectivity index (χ2v) is 33.1. The Kier molecular flexibility index (Phi) is 29.5. The number of nitrogens with zero attached hydrogens (tertiary/aromatic N) is 8. The molecule has 3 unspecified atom stereocenters. The number of hydrogen-bond acceptors (Lipinski definition) is 14. The zero-order valence-electron chi connectivity index (χ0n) is 62.0. The van der Waals surface area contributed by atoms with Crippen molar-refractivity contribution in [3.05, 3.63) is 34.9 Å². The van der Waals surface area contributed by atoms with Gasteiger partial charge in [-0.2, -0.15) is 0 Å². The van der Waals surface area contributed by atoms with E-state index in [9.17, 15) is 56.3 Å². The van der Waals surface area contributed by atoms with E-state index in [1.54, 1.807) is 18.9 Å². The summed E-state index contributed by atoms with van der Waals surface area (Å²) in [6, 6.07) is -7.42. The van der Waals surface area contributed by atoms with Crippen LogP contribution in [0, 0.1) is 17.8 Å². The Morgan fingerprint density at radius 1 is 0.689 bits per heavy atom. The molecule has 1 saturated carbocycles. The number of carbonyl (C=O) groups is 12. The molecule has 7 aliphatic rings. The van der Waals surface area contributed by atoms with E-state index in [0.717, 1.165) is 28.7 Å². The summed E-state index contributed by atoms with van der Waals surface area (Å²) in [4.78, 5) is 187.